The van der Waals surface area contributed by atoms with Gasteiger partial charge < -0.3 is 15.5 Å². The molecule has 4 nitrogen and oxygen atoms in total. The van der Waals surface area contributed by atoms with Crippen LogP contribution < -0.4 is 10.6 Å². The summed E-state index contributed by atoms with van der Waals surface area (Å²) < 4.78 is 13.5. The van der Waals surface area contributed by atoms with Gasteiger partial charge in [-0.05, 0) is 44.6 Å². The third-order valence-electron chi connectivity index (χ3n) is 4.05. The molecule has 19 heavy (non-hydrogen) atoms. The van der Waals surface area contributed by atoms with Gasteiger partial charge in [0.25, 0.3) is 0 Å². The molecule has 1 unspecified atom stereocenters. The van der Waals surface area contributed by atoms with Gasteiger partial charge in [0.1, 0.15) is 5.82 Å². The Bertz CT molecular complexity index is 516. The lowest BCUT2D eigenvalue weighted by molar-refractivity contribution is 0.191. The maximum atomic E-state index is 13.5. The van der Waals surface area contributed by atoms with Gasteiger partial charge in [-0.25, -0.2) is 4.39 Å². The molecule has 1 aromatic rings. The summed E-state index contributed by atoms with van der Waals surface area (Å²) in [7, 11) is 2.11. The minimum Gasteiger partial charge on any atom is -0.369 e. The van der Waals surface area contributed by atoms with Crippen molar-refractivity contribution in [2.75, 3.05) is 31.6 Å². The van der Waals surface area contributed by atoms with Crippen molar-refractivity contribution < 1.29 is 4.39 Å². The van der Waals surface area contributed by atoms with E-state index in [-0.39, 0.29) is 11.4 Å². The van der Waals surface area contributed by atoms with Crippen molar-refractivity contribution in [2.45, 2.75) is 18.4 Å². The summed E-state index contributed by atoms with van der Waals surface area (Å²) in [4.78, 5) is 8.72. The Balaban J connectivity index is 1.98. The third kappa shape index (κ3) is 2.08. The van der Waals surface area contributed by atoms with E-state index in [9.17, 15) is 4.39 Å². The molecule has 0 radical (unpaired) electrons. The van der Waals surface area contributed by atoms with Gasteiger partial charge in [0.05, 0.1) is 12.1 Å². The van der Waals surface area contributed by atoms with Crippen LogP contribution in [0.2, 0.25) is 0 Å². The molecule has 2 aliphatic heterocycles. The molecule has 0 saturated carbocycles. The maximum absolute atomic E-state index is 13.5. The van der Waals surface area contributed by atoms with Crippen LogP contribution in [0.5, 0.6) is 0 Å². The molecule has 2 N–H and O–H groups in total. The molecule has 2 aliphatic rings. The topological polar surface area (TPSA) is 44.9 Å². The van der Waals surface area contributed by atoms with Crippen LogP contribution in [0.3, 0.4) is 0 Å². The number of halogens is 1. The number of hydrogen-bond acceptors (Lipinski definition) is 4. The molecule has 1 spiro atoms. The zero-order valence-electron chi connectivity index (χ0n) is 11.1. The molecular weight excluding hydrogens is 243 g/mol. The van der Waals surface area contributed by atoms with Gasteiger partial charge in [0.2, 0.25) is 0 Å². The van der Waals surface area contributed by atoms with E-state index in [0.29, 0.717) is 12.5 Å². The standard InChI is InChI=1S/C14H19FN4/c1-18-7-3-6-14(10-18)9-17-13(16)19(14)12-5-2-4-11(15)8-12/h2,4-5,8H,3,6-7,9-10H2,1H3,(H2,16,17). The predicted molar refractivity (Wildman–Crippen MR) is 74.8 cm³/mol. The number of aliphatic imine (C=N–C) groups is 1. The fourth-order valence-electron chi connectivity index (χ4n) is 3.28. The normalized spacial score (nSPS) is 27.9. The highest BCUT2D eigenvalue weighted by Crippen LogP contribution is 2.35. The molecule has 0 amide bonds. The van der Waals surface area contributed by atoms with Gasteiger partial charge in [-0.15, -0.1) is 0 Å². The molecule has 3 rings (SSSR count). The molecule has 2 heterocycles. The van der Waals surface area contributed by atoms with E-state index in [2.05, 4.69) is 16.9 Å². The number of likely N-dealkylation sites (tertiary alicyclic amines) is 1. The Morgan fingerprint density at radius 1 is 1.42 bits per heavy atom. The zero-order chi connectivity index (χ0) is 13.5. The van der Waals surface area contributed by atoms with Crippen molar-refractivity contribution in [3.8, 4) is 0 Å². The number of hydrogen-bond donors (Lipinski definition) is 1. The van der Waals surface area contributed by atoms with Crippen LogP contribution in [-0.4, -0.2) is 43.1 Å². The summed E-state index contributed by atoms with van der Waals surface area (Å²) in [6.07, 6.45) is 2.16. The molecule has 0 bridgehead atoms. The second kappa shape index (κ2) is 4.49. The maximum Gasteiger partial charge on any atom is 0.196 e. The third-order valence-corrected chi connectivity index (χ3v) is 4.05. The van der Waals surface area contributed by atoms with Crippen LogP contribution in [0.25, 0.3) is 0 Å². The van der Waals surface area contributed by atoms with Crippen LogP contribution in [0, 0.1) is 5.82 Å². The highest BCUT2D eigenvalue weighted by molar-refractivity contribution is 5.98. The Morgan fingerprint density at radius 2 is 2.26 bits per heavy atom. The fraction of sp³-hybridized carbons (Fsp3) is 0.500. The molecule has 1 saturated heterocycles. The Kier molecular flexibility index (Phi) is 2.93. The SMILES string of the molecule is CN1CCCC2(CN=C(N)N2c2cccc(F)c2)C1. The van der Waals surface area contributed by atoms with E-state index in [1.807, 2.05) is 11.0 Å². The molecule has 5 heteroatoms. The summed E-state index contributed by atoms with van der Waals surface area (Å²) in [5.74, 6) is 0.261. The van der Waals surface area contributed by atoms with E-state index < -0.39 is 0 Å². The van der Waals surface area contributed by atoms with Gasteiger partial charge in [-0.3, -0.25) is 4.99 Å². The number of guanidine groups is 1. The second-order valence-electron chi connectivity index (χ2n) is 5.56. The van der Waals surface area contributed by atoms with Crippen LogP contribution in [-0.2, 0) is 0 Å². The monoisotopic (exact) mass is 262 g/mol. The highest BCUT2D eigenvalue weighted by atomic mass is 19.1. The van der Waals surface area contributed by atoms with Crippen LogP contribution >= 0.6 is 0 Å². The molecular formula is C14H19FN4. The lowest BCUT2D eigenvalue weighted by atomic mass is 9.88. The van der Waals surface area contributed by atoms with Crippen molar-refractivity contribution >= 4 is 11.6 Å². The van der Waals surface area contributed by atoms with E-state index >= 15 is 0 Å². The number of nitrogens with two attached hydrogens (primary N) is 1. The Hall–Kier alpha value is -1.62. The van der Waals surface area contributed by atoms with Gasteiger partial charge in [-0.1, -0.05) is 6.07 Å². The first-order valence-corrected chi connectivity index (χ1v) is 6.65. The first-order valence-electron chi connectivity index (χ1n) is 6.65. The van der Waals surface area contributed by atoms with E-state index in [4.69, 9.17) is 5.73 Å². The number of rotatable bonds is 1. The average Bonchev–Trinajstić information content (AvgIpc) is 2.66. The Morgan fingerprint density at radius 3 is 3.00 bits per heavy atom. The van der Waals surface area contributed by atoms with E-state index in [0.717, 1.165) is 31.6 Å². The largest absolute Gasteiger partial charge is 0.369 e. The summed E-state index contributed by atoms with van der Waals surface area (Å²) >= 11 is 0. The number of piperidine rings is 1. The summed E-state index contributed by atoms with van der Waals surface area (Å²) in [5, 5.41) is 0. The van der Waals surface area contributed by atoms with Crippen LogP contribution in [0.1, 0.15) is 12.8 Å². The molecule has 1 atom stereocenters. The molecule has 102 valence electrons. The van der Waals surface area contributed by atoms with Gasteiger partial charge in [0.15, 0.2) is 5.96 Å². The highest BCUT2D eigenvalue weighted by Gasteiger charge is 2.45. The number of benzene rings is 1. The summed E-state index contributed by atoms with van der Waals surface area (Å²) in [6, 6.07) is 6.60. The quantitative estimate of drug-likeness (QED) is 0.832. The first kappa shape index (κ1) is 12.4. The number of nitrogens with zero attached hydrogens (tertiary/aromatic N) is 3. The van der Waals surface area contributed by atoms with E-state index in [1.54, 1.807) is 6.07 Å². The zero-order valence-corrected chi connectivity index (χ0v) is 11.1. The average molecular weight is 262 g/mol. The number of likely N-dealkylation sites (N-methyl/N-ethyl adjacent to an activating group) is 1. The smallest absolute Gasteiger partial charge is 0.196 e. The summed E-state index contributed by atoms with van der Waals surface area (Å²) in [5.41, 5.74) is 6.74. The van der Waals surface area contributed by atoms with Gasteiger partial charge in [-0.2, -0.15) is 0 Å². The molecule has 1 fully saturated rings. The predicted octanol–water partition coefficient (Wildman–Crippen LogP) is 1.42. The van der Waals surface area contributed by atoms with Crippen molar-refractivity contribution in [1.29, 1.82) is 0 Å². The van der Waals surface area contributed by atoms with Crippen LogP contribution in [0.4, 0.5) is 10.1 Å². The molecule has 1 aromatic carbocycles. The van der Waals surface area contributed by atoms with Gasteiger partial charge >= 0.3 is 0 Å². The van der Waals surface area contributed by atoms with Gasteiger partial charge in [0, 0.05) is 12.2 Å². The summed E-state index contributed by atoms with van der Waals surface area (Å²) in [6.45, 7) is 2.70. The van der Waals surface area contributed by atoms with Crippen molar-refractivity contribution in [1.82, 2.24) is 4.90 Å². The van der Waals surface area contributed by atoms with Crippen LogP contribution in [0.15, 0.2) is 29.3 Å². The minimum atomic E-state index is -0.239. The lowest BCUT2D eigenvalue weighted by Gasteiger charge is -2.45. The molecule has 0 aliphatic carbocycles. The fourth-order valence-corrected chi connectivity index (χ4v) is 3.28. The Labute approximate surface area is 112 Å². The van der Waals surface area contributed by atoms with Crippen molar-refractivity contribution in [3.63, 3.8) is 0 Å². The lowest BCUT2D eigenvalue weighted by Crippen LogP contribution is -2.60. The first-order chi connectivity index (χ1) is 9.11. The van der Waals surface area contributed by atoms with Crippen molar-refractivity contribution in [2.24, 2.45) is 10.7 Å². The minimum absolute atomic E-state index is 0.106. The van der Waals surface area contributed by atoms with Crippen molar-refractivity contribution in [3.05, 3.63) is 30.1 Å². The van der Waals surface area contributed by atoms with E-state index in [1.165, 1.54) is 12.1 Å². The second-order valence-corrected chi connectivity index (χ2v) is 5.56. The molecule has 0 aromatic heterocycles. The number of anilines is 1.